The molecular formula is C8H13F5O3. The molecule has 0 saturated heterocycles. The summed E-state index contributed by atoms with van der Waals surface area (Å²) >= 11 is 0. The van der Waals surface area contributed by atoms with Crippen molar-refractivity contribution in [1.29, 1.82) is 0 Å². The topological polar surface area (TPSA) is 49.7 Å². The van der Waals surface area contributed by atoms with E-state index in [0.717, 1.165) is 0 Å². The molecule has 0 aromatic heterocycles. The number of halogens is 5. The minimum Gasteiger partial charge on any atom is -0.396 e. The van der Waals surface area contributed by atoms with Gasteiger partial charge in [0.1, 0.15) is 6.61 Å². The van der Waals surface area contributed by atoms with Crippen LogP contribution in [0.1, 0.15) is 6.92 Å². The monoisotopic (exact) mass is 252 g/mol. The van der Waals surface area contributed by atoms with Gasteiger partial charge in [-0.05, 0) is 0 Å². The van der Waals surface area contributed by atoms with Gasteiger partial charge < -0.3 is 14.9 Å². The highest BCUT2D eigenvalue weighted by molar-refractivity contribution is 4.77. The molecule has 2 N–H and O–H groups in total. The summed E-state index contributed by atoms with van der Waals surface area (Å²) < 4.78 is 63.9. The Kier molecular flexibility index (Phi) is 5.09. The lowest BCUT2D eigenvalue weighted by molar-refractivity contribution is -0.298. The van der Waals surface area contributed by atoms with Crippen molar-refractivity contribution in [2.24, 2.45) is 5.41 Å². The molecule has 0 amide bonds. The Balaban J connectivity index is 4.18. The first kappa shape index (κ1) is 15.5. The van der Waals surface area contributed by atoms with Gasteiger partial charge >= 0.3 is 12.1 Å². The summed E-state index contributed by atoms with van der Waals surface area (Å²) in [6.07, 6.45) is -5.66. The van der Waals surface area contributed by atoms with E-state index >= 15 is 0 Å². The predicted octanol–water partition coefficient (Wildman–Crippen LogP) is 1.19. The molecule has 0 saturated carbocycles. The highest BCUT2D eigenvalue weighted by Crippen LogP contribution is 2.35. The third-order valence-corrected chi connectivity index (χ3v) is 1.91. The molecule has 0 atom stereocenters. The van der Waals surface area contributed by atoms with Crippen molar-refractivity contribution in [2.45, 2.75) is 19.0 Å². The largest absolute Gasteiger partial charge is 0.455 e. The lowest BCUT2D eigenvalue weighted by Gasteiger charge is -2.26. The molecule has 8 heteroatoms. The predicted molar refractivity (Wildman–Crippen MR) is 44.1 cm³/mol. The Bertz CT molecular complexity index is 212. The van der Waals surface area contributed by atoms with Gasteiger partial charge in [-0.2, -0.15) is 22.0 Å². The fourth-order valence-corrected chi connectivity index (χ4v) is 0.649. The molecule has 16 heavy (non-hydrogen) atoms. The van der Waals surface area contributed by atoms with Crippen LogP contribution in [-0.4, -0.2) is 48.7 Å². The molecule has 0 fully saturated rings. The number of hydrogen-bond acceptors (Lipinski definition) is 3. The maximum Gasteiger partial charge on any atom is 0.455 e. The Morgan fingerprint density at radius 3 is 1.69 bits per heavy atom. The highest BCUT2D eigenvalue weighted by Gasteiger charge is 2.57. The summed E-state index contributed by atoms with van der Waals surface area (Å²) in [4.78, 5) is 0. The molecule has 3 nitrogen and oxygen atoms in total. The van der Waals surface area contributed by atoms with Crippen LogP contribution in [0.3, 0.4) is 0 Å². The summed E-state index contributed by atoms with van der Waals surface area (Å²) in [7, 11) is 0. The van der Waals surface area contributed by atoms with Crippen molar-refractivity contribution in [1.82, 2.24) is 0 Å². The van der Waals surface area contributed by atoms with E-state index in [-0.39, 0.29) is 0 Å². The Morgan fingerprint density at radius 2 is 1.38 bits per heavy atom. The highest BCUT2D eigenvalue weighted by atomic mass is 19.4. The van der Waals surface area contributed by atoms with E-state index in [4.69, 9.17) is 10.2 Å². The molecule has 0 rings (SSSR count). The molecular weight excluding hydrogens is 239 g/mol. The number of ether oxygens (including phenoxy) is 1. The summed E-state index contributed by atoms with van der Waals surface area (Å²) in [5, 5.41) is 17.4. The van der Waals surface area contributed by atoms with Crippen LogP contribution >= 0.6 is 0 Å². The van der Waals surface area contributed by atoms with Crippen molar-refractivity contribution in [3.63, 3.8) is 0 Å². The average Bonchev–Trinajstić information content (AvgIpc) is 2.15. The second-order valence-corrected chi connectivity index (χ2v) is 3.82. The van der Waals surface area contributed by atoms with E-state index in [1.807, 2.05) is 0 Å². The zero-order valence-electron chi connectivity index (χ0n) is 8.52. The van der Waals surface area contributed by atoms with Crippen molar-refractivity contribution >= 4 is 0 Å². The fourth-order valence-electron chi connectivity index (χ4n) is 0.649. The molecule has 0 aliphatic carbocycles. The van der Waals surface area contributed by atoms with E-state index in [2.05, 4.69) is 4.74 Å². The van der Waals surface area contributed by atoms with Gasteiger partial charge in [-0.25, -0.2) is 0 Å². The van der Waals surface area contributed by atoms with Gasteiger partial charge in [0.15, 0.2) is 0 Å². The van der Waals surface area contributed by atoms with Crippen LogP contribution in [0.4, 0.5) is 22.0 Å². The van der Waals surface area contributed by atoms with Crippen molar-refractivity contribution in [2.75, 3.05) is 26.4 Å². The maximum atomic E-state index is 12.3. The molecule has 0 spiro atoms. The zero-order valence-corrected chi connectivity index (χ0v) is 8.52. The van der Waals surface area contributed by atoms with Crippen LogP contribution in [0.5, 0.6) is 0 Å². The van der Waals surface area contributed by atoms with Crippen LogP contribution < -0.4 is 0 Å². The molecule has 0 aromatic rings. The van der Waals surface area contributed by atoms with Crippen LogP contribution in [-0.2, 0) is 4.74 Å². The fraction of sp³-hybridized carbons (Fsp3) is 1.00. The SMILES string of the molecule is CC(CO)(CO)COCC(F)(F)C(F)(F)F. The first-order valence-electron chi connectivity index (χ1n) is 4.32. The van der Waals surface area contributed by atoms with E-state index < -0.39 is 43.9 Å². The first-order valence-corrected chi connectivity index (χ1v) is 4.32. The summed E-state index contributed by atoms with van der Waals surface area (Å²) in [5.74, 6) is -4.93. The lowest BCUT2D eigenvalue weighted by atomic mass is 9.94. The normalized spacial score (nSPS) is 14.2. The minimum atomic E-state index is -5.66. The lowest BCUT2D eigenvalue weighted by Crippen LogP contribution is -2.42. The van der Waals surface area contributed by atoms with Gasteiger partial charge in [0, 0.05) is 5.41 Å². The van der Waals surface area contributed by atoms with E-state index in [1.165, 1.54) is 6.92 Å². The standard InChI is InChI=1S/C8H13F5O3/c1-6(2-14,3-15)4-16-5-7(9,10)8(11,12)13/h14-15H,2-5H2,1H3. The number of aliphatic hydroxyl groups is 2. The van der Waals surface area contributed by atoms with Gasteiger partial charge in [0.25, 0.3) is 0 Å². The molecule has 0 heterocycles. The molecule has 0 unspecified atom stereocenters. The molecule has 98 valence electrons. The van der Waals surface area contributed by atoms with Gasteiger partial charge in [-0.1, -0.05) is 6.92 Å². The smallest absolute Gasteiger partial charge is 0.396 e. The van der Waals surface area contributed by atoms with Crippen LogP contribution in [0.15, 0.2) is 0 Å². The van der Waals surface area contributed by atoms with Gasteiger partial charge in [-0.15, -0.1) is 0 Å². The third kappa shape index (κ3) is 4.18. The van der Waals surface area contributed by atoms with Gasteiger partial charge in [0.2, 0.25) is 0 Å². The zero-order chi connectivity index (χ0) is 13.0. The number of alkyl halides is 5. The Labute approximate surface area is 88.8 Å². The quantitative estimate of drug-likeness (QED) is 0.698. The minimum absolute atomic E-state index is 0.582. The number of rotatable bonds is 6. The van der Waals surface area contributed by atoms with Gasteiger partial charge in [-0.3, -0.25) is 0 Å². The molecule has 0 aliphatic heterocycles. The summed E-state index contributed by atoms with van der Waals surface area (Å²) in [5.41, 5.74) is -1.23. The molecule has 0 aliphatic rings. The second kappa shape index (κ2) is 5.24. The molecule has 0 bridgehead atoms. The average molecular weight is 252 g/mol. The first-order chi connectivity index (χ1) is 7.08. The van der Waals surface area contributed by atoms with Crippen molar-refractivity contribution in [3.05, 3.63) is 0 Å². The van der Waals surface area contributed by atoms with E-state index in [9.17, 15) is 22.0 Å². The molecule has 0 radical (unpaired) electrons. The second-order valence-electron chi connectivity index (χ2n) is 3.82. The Hall–Kier alpha value is -0.470. The number of hydrogen-bond donors (Lipinski definition) is 2. The number of aliphatic hydroxyl groups excluding tert-OH is 2. The maximum absolute atomic E-state index is 12.3. The summed E-state index contributed by atoms with van der Waals surface area (Å²) in [6, 6.07) is 0. The Morgan fingerprint density at radius 1 is 0.938 bits per heavy atom. The van der Waals surface area contributed by atoms with E-state index in [0.29, 0.717) is 0 Å². The molecule has 0 aromatic carbocycles. The van der Waals surface area contributed by atoms with Crippen molar-refractivity contribution < 1.29 is 36.9 Å². The van der Waals surface area contributed by atoms with Crippen LogP contribution in [0, 0.1) is 5.41 Å². The van der Waals surface area contributed by atoms with Gasteiger partial charge in [0.05, 0.1) is 19.8 Å². The van der Waals surface area contributed by atoms with Crippen LogP contribution in [0.25, 0.3) is 0 Å². The summed E-state index contributed by atoms with van der Waals surface area (Å²) in [6.45, 7) is -2.29. The third-order valence-electron chi connectivity index (χ3n) is 1.91. The van der Waals surface area contributed by atoms with Crippen molar-refractivity contribution in [3.8, 4) is 0 Å². The van der Waals surface area contributed by atoms with Crippen LogP contribution in [0.2, 0.25) is 0 Å². The van der Waals surface area contributed by atoms with E-state index in [1.54, 1.807) is 0 Å².